The van der Waals surface area contributed by atoms with Crippen LogP contribution in [0.25, 0.3) is 5.76 Å². The van der Waals surface area contributed by atoms with Gasteiger partial charge in [0.25, 0.3) is 11.7 Å². The molecule has 37 heavy (non-hydrogen) atoms. The number of halogens is 3. The smallest absolute Gasteiger partial charge is 0.416 e. The monoisotopic (exact) mass is 511 g/mol. The molecule has 6 nitrogen and oxygen atoms in total. The number of aromatic hydroxyl groups is 1. The van der Waals surface area contributed by atoms with Crippen LogP contribution in [0.15, 0.2) is 78.4 Å². The van der Waals surface area contributed by atoms with E-state index < -0.39 is 35.2 Å². The van der Waals surface area contributed by atoms with Crippen molar-refractivity contribution in [2.75, 3.05) is 0 Å². The molecule has 0 aromatic heterocycles. The van der Waals surface area contributed by atoms with E-state index in [4.69, 9.17) is 4.74 Å². The molecule has 2 N–H and O–H groups in total. The van der Waals surface area contributed by atoms with Gasteiger partial charge in [0.2, 0.25) is 0 Å². The van der Waals surface area contributed by atoms with Crippen molar-refractivity contribution >= 4 is 17.4 Å². The zero-order valence-electron chi connectivity index (χ0n) is 20.0. The average Bonchev–Trinajstić information content (AvgIpc) is 3.08. The van der Waals surface area contributed by atoms with Crippen LogP contribution in [0.3, 0.4) is 0 Å². The normalized spacial score (nSPS) is 17.5. The molecular weight excluding hydrogens is 487 g/mol. The van der Waals surface area contributed by atoms with E-state index in [1.807, 2.05) is 13.8 Å². The van der Waals surface area contributed by atoms with E-state index in [0.717, 1.165) is 17.0 Å². The number of phenolic OH excluding ortho intramolecular Hbond substituents is 1. The summed E-state index contributed by atoms with van der Waals surface area (Å²) in [5.74, 6) is -2.00. The van der Waals surface area contributed by atoms with Crippen LogP contribution < -0.4 is 4.74 Å². The van der Waals surface area contributed by atoms with E-state index >= 15 is 0 Å². The van der Waals surface area contributed by atoms with E-state index in [-0.39, 0.29) is 35.1 Å². The summed E-state index contributed by atoms with van der Waals surface area (Å²) in [6.07, 6.45) is -4.73. The number of alkyl halides is 3. The molecule has 1 fully saturated rings. The molecule has 3 aromatic carbocycles. The molecule has 1 unspecified atom stereocenters. The van der Waals surface area contributed by atoms with Crippen molar-refractivity contribution in [1.29, 1.82) is 0 Å². The van der Waals surface area contributed by atoms with Crippen LogP contribution in [0.1, 0.15) is 42.1 Å². The molecule has 9 heteroatoms. The third-order valence-corrected chi connectivity index (χ3v) is 5.84. The second-order valence-electron chi connectivity index (χ2n) is 8.91. The highest BCUT2D eigenvalue weighted by Gasteiger charge is 2.46. The Hall–Kier alpha value is -4.27. The molecule has 1 aliphatic rings. The summed E-state index contributed by atoms with van der Waals surface area (Å²) in [6.45, 7) is 3.35. The first-order valence-electron chi connectivity index (χ1n) is 11.5. The van der Waals surface area contributed by atoms with Crippen LogP contribution in [-0.4, -0.2) is 32.9 Å². The molecular formula is C28H24F3NO5. The predicted octanol–water partition coefficient (Wildman–Crippen LogP) is 5.82. The molecule has 3 aromatic rings. The van der Waals surface area contributed by atoms with Crippen molar-refractivity contribution in [1.82, 2.24) is 4.90 Å². The zero-order chi connectivity index (χ0) is 26.9. The molecule has 1 saturated heterocycles. The highest BCUT2D eigenvalue weighted by Crippen LogP contribution is 2.41. The molecule has 1 atom stereocenters. The number of nitrogens with zero attached hydrogens (tertiary/aromatic N) is 1. The van der Waals surface area contributed by atoms with E-state index in [2.05, 4.69) is 0 Å². The molecule has 0 radical (unpaired) electrons. The second-order valence-corrected chi connectivity index (χ2v) is 8.91. The van der Waals surface area contributed by atoms with Crippen LogP contribution in [0.4, 0.5) is 13.2 Å². The average molecular weight is 511 g/mol. The van der Waals surface area contributed by atoms with Gasteiger partial charge < -0.3 is 19.8 Å². The van der Waals surface area contributed by atoms with Gasteiger partial charge in [-0.3, -0.25) is 9.59 Å². The quantitative estimate of drug-likeness (QED) is 0.247. The minimum absolute atomic E-state index is 0.0582. The number of carbonyl (C=O) groups is 2. The Morgan fingerprint density at radius 2 is 1.68 bits per heavy atom. The fraction of sp³-hybridized carbons (Fsp3) is 0.214. The number of carbonyl (C=O) groups excluding carboxylic acids is 2. The van der Waals surface area contributed by atoms with Gasteiger partial charge in [0.1, 0.15) is 17.3 Å². The van der Waals surface area contributed by atoms with Gasteiger partial charge in [-0.15, -0.1) is 0 Å². The number of benzene rings is 3. The summed E-state index contributed by atoms with van der Waals surface area (Å²) < 4.78 is 45.4. The summed E-state index contributed by atoms with van der Waals surface area (Å²) >= 11 is 0. The van der Waals surface area contributed by atoms with Gasteiger partial charge >= 0.3 is 6.18 Å². The number of phenols is 1. The number of likely N-dealkylation sites (tertiary alicyclic amines) is 1. The van der Waals surface area contributed by atoms with Crippen LogP contribution in [-0.2, 0) is 22.3 Å². The number of ether oxygens (including phenoxy) is 1. The number of hydrogen-bond acceptors (Lipinski definition) is 5. The summed E-state index contributed by atoms with van der Waals surface area (Å²) in [5.41, 5.74) is -0.318. The van der Waals surface area contributed by atoms with Gasteiger partial charge in [-0.25, -0.2) is 0 Å². The zero-order valence-corrected chi connectivity index (χ0v) is 20.0. The maximum atomic E-state index is 13.3. The topological polar surface area (TPSA) is 87.1 Å². The van der Waals surface area contributed by atoms with Crippen molar-refractivity contribution in [3.05, 3.63) is 101 Å². The molecule has 1 amide bonds. The molecule has 0 saturated carbocycles. The van der Waals surface area contributed by atoms with E-state index in [9.17, 15) is 33.0 Å². The summed E-state index contributed by atoms with van der Waals surface area (Å²) in [5, 5.41) is 21.0. The molecule has 0 bridgehead atoms. The molecule has 192 valence electrons. The van der Waals surface area contributed by atoms with Gasteiger partial charge in [0.15, 0.2) is 0 Å². The number of amides is 1. The summed E-state index contributed by atoms with van der Waals surface area (Å²) in [7, 11) is 0. The highest BCUT2D eigenvalue weighted by atomic mass is 19.4. The van der Waals surface area contributed by atoms with Crippen molar-refractivity contribution in [3.8, 4) is 11.5 Å². The van der Waals surface area contributed by atoms with Crippen molar-refractivity contribution < 1.29 is 37.7 Å². The Morgan fingerprint density at radius 1 is 1.00 bits per heavy atom. The van der Waals surface area contributed by atoms with Crippen molar-refractivity contribution in [2.24, 2.45) is 0 Å². The Balaban J connectivity index is 1.82. The second kappa shape index (κ2) is 10.0. The number of ketones is 1. The summed E-state index contributed by atoms with van der Waals surface area (Å²) in [4.78, 5) is 27.4. The minimum Gasteiger partial charge on any atom is -0.508 e. The molecule has 4 rings (SSSR count). The fourth-order valence-corrected chi connectivity index (χ4v) is 4.23. The van der Waals surface area contributed by atoms with Gasteiger partial charge in [0, 0.05) is 12.1 Å². The number of rotatable bonds is 6. The Bertz CT molecular complexity index is 1360. The number of aliphatic hydroxyl groups is 1. The van der Waals surface area contributed by atoms with E-state index in [1.165, 1.54) is 42.5 Å². The fourth-order valence-electron chi connectivity index (χ4n) is 4.23. The Labute approximate surface area is 211 Å². The lowest BCUT2D eigenvalue weighted by Crippen LogP contribution is -2.29. The third-order valence-electron chi connectivity index (χ3n) is 5.84. The lowest BCUT2D eigenvalue weighted by Gasteiger charge is -2.26. The van der Waals surface area contributed by atoms with Crippen LogP contribution in [0.2, 0.25) is 0 Å². The predicted molar refractivity (Wildman–Crippen MR) is 130 cm³/mol. The van der Waals surface area contributed by atoms with E-state index in [0.29, 0.717) is 11.3 Å². The SMILES string of the molecule is CC(C)Oc1cccc(/C(O)=C2\C(=O)C(=O)N(Cc3cccc(C(F)(F)F)c3)C2c2ccc(O)cc2)c1. The largest absolute Gasteiger partial charge is 0.508 e. The van der Waals surface area contributed by atoms with Crippen molar-refractivity contribution in [2.45, 2.75) is 38.7 Å². The van der Waals surface area contributed by atoms with Crippen LogP contribution in [0, 0.1) is 0 Å². The maximum absolute atomic E-state index is 13.3. The lowest BCUT2D eigenvalue weighted by atomic mass is 9.95. The van der Waals surface area contributed by atoms with Gasteiger partial charge in [-0.05, 0) is 61.4 Å². The van der Waals surface area contributed by atoms with Crippen LogP contribution in [0.5, 0.6) is 11.5 Å². The number of aliphatic hydroxyl groups excluding tert-OH is 1. The first-order chi connectivity index (χ1) is 17.5. The van der Waals surface area contributed by atoms with Gasteiger partial charge in [-0.1, -0.05) is 36.4 Å². The Kier molecular flexibility index (Phi) is 6.98. The standard InChI is InChI=1S/C28H24F3NO5/c1-16(2)37-22-8-4-6-19(14-22)25(34)23-24(18-9-11-21(33)12-10-18)32(27(36)26(23)35)15-17-5-3-7-20(13-17)28(29,30)31/h3-14,16,24,33-34H,15H2,1-2H3/b25-23+. The third kappa shape index (κ3) is 5.45. The lowest BCUT2D eigenvalue weighted by molar-refractivity contribution is -0.140. The first-order valence-corrected chi connectivity index (χ1v) is 11.5. The maximum Gasteiger partial charge on any atom is 0.416 e. The number of Topliss-reactive ketones (excluding diaryl/α,β-unsaturated/α-hetero) is 1. The van der Waals surface area contributed by atoms with Gasteiger partial charge in [0.05, 0.1) is 23.3 Å². The van der Waals surface area contributed by atoms with Gasteiger partial charge in [-0.2, -0.15) is 13.2 Å². The molecule has 1 heterocycles. The molecule has 0 aliphatic carbocycles. The highest BCUT2D eigenvalue weighted by molar-refractivity contribution is 6.46. The molecule has 0 spiro atoms. The Morgan fingerprint density at radius 3 is 2.32 bits per heavy atom. The van der Waals surface area contributed by atoms with Crippen molar-refractivity contribution in [3.63, 3.8) is 0 Å². The summed E-state index contributed by atoms with van der Waals surface area (Å²) in [6, 6.07) is 15.5. The van der Waals surface area contributed by atoms with E-state index in [1.54, 1.807) is 18.2 Å². The minimum atomic E-state index is -4.58. The first kappa shape index (κ1) is 25.8. The number of hydrogen-bond donors (Lipinski definition) is 2. The molecule has 1 aliphatic heterocycles. The van der Waals surface area contributed by atoms with Crippen LogP contribution >= 0.6 is 0 Å².